The number of anilines is 3. The molecule has 1 atom stereocenters. The van der Waals surface area contributed by atoms with Crippen LogP contribution in [0.25, 0.3) is 0 Å². The molecule has 0 bridgehead atoms. The zero-order valence-corrected chi connectivity index (χ0v) is 18.2. The normalized spacial score (nSPS) is 19.2. The Kier molecular flexibility index (Phi) is 6.92. The average molecular weight is 480 g/mol. The second-order valence-corrected chi connectivity index (χ2v) is 8.09. The highest BCUT2D eigenvalue weighted by molar-refractivity contribution is 6.01. The molecule has 0 unspecified atom stereocenters. The van der Waals surface area contributed by atoms with E-state index >= 15 is 0 Å². The molecule has 2 fully saturated rings. The van der Waals surface area contributed by atoms with E-state index in [9.17, 15) is 27.2 Å². The third-order valence-corrected chi connectivity index (χ3v) is 5.81. The maximum atomic E-state index is 14.9. The van der Waals surface area contributed by atoms with Gasteiger partial charge in [0.2, 0.25) is 5.91 Å². The highest BCUT2D eigenvalue weighted by Crippen LogP contribution is 2.30. The highest BCUT2D eigenvalue weighted by Gasteiger charge is 2.33. The summed E-state index contributed by atoms with van der Waals surface area (Å²) in [6.45, 7) is 2.75. The van der Waals surface area contributed by atoms with Crippen LogP contribution in [0.5, 0.6) is 0 Å². The molecular weight excluding hydrogens is 456 g/mol. The fourth-order valence-electron chi connectivity index (χ4n) is 4.05. The summed E-state index contributed by atoms with van der Waals surface area (Å²) in [6, 6.07) is 7.05. The monoisotopic (exact) mass is 480 g/mol. The van der Waals surface area contributed by atoms with Crippen molar-refractivity contribution in [3.63, 3.8) is 0 Å². The van der Waals surface area contributed by atoms with Crippen molar-refractivity contribution in [3.05, 3.63) is 53.8 Å². The van der Waals surface area contributed by atoms with Crippen molar-refractivity contribution in [1.82, 2.24) is 5.32 Å². The number of halogens is 4. The fourth-order valence-corrected chi connectivity index (χ4v) is 4.05. The van der Waals surface area contributed by atoms with Gasteiger partial charge < -0.3 is 25.2 Å². The van der Waals surface area contributed by atoms with Crippen LogP contribution in [-0.4, -0.2) is 50.8 Å². The molecular formula is C23H24F4N4O3. The Morgan fingerprint density at radius 1 is 1.03 bits per heavy atom. The van der Waals surface area contributed by atoms with E-state index in [-0.39, 0.29) is 11.4 Å². The van der Waals surface area contributed by atoms with E-state index in [0.717, 1.165) is 24.3 Å². The topological polar surface area (TPSA) is 73.9 Å². The van der Waals surface area contributed by atoms with Crippen LogP contribution >= 0.6 is 0 Å². The number of urea groups is 1. The van der Waals surface area contributed by atoms with Crippen LogP contribution in [0.1, 0.15) is 18.4 Å². The van der Waals surface area contributed by atoms with E-state index < -0.39 is 35.5 Å². The third-order valence-electron chi connectivity index (χ3n) is 5.81. The van der Waals surface area contributed by atoms with Crippen LogP contribution in [0.3, 0.4) is 0 Å². The highest BCUT2D eigenvalue weighted by atomic mass is 19.4. The molecule has 2 aromatic carbocycles. The van der Waals surface area contributed by atoms with E-state index in [1.807, 2.05) is 4.90 Å². The number of hydrogen-bond donors (Lipinski definition) is 2. The molecule has 2 heterocycles. The van der Waals surface area contributed by atoms with Crippen molar-refractivity contribution >= 4 is 29.0 Å². The smallest absolute Gasteiger partial charge is 0.378 e. The lowest BCUT2D eigenvalue weighted by Crippen LogP contribution is -2.53. The van der Waals surface area contributed by atoms with Crippen LogP contribution in [0.15, 0.2) is 42.5 Å². The van der Waals surface area contributed by atoms with E-state index in [0.29, 0.717) is 51.4 Å². The van der Waals surface area contributed by atoms with Crippen molar-refractivity contribution < 1.29 is 31.9 Å². The number of carbonyl (C=O) groups is 2. The number of piperidine rings is 1. The number of amides is 3. The largest absolute Gasteiger partial charge is 0.416 e. The molecule has 7 nitrogen and oxygen atoms in total. The molecule has 34 heavy (non-hydrogen) atoms. The van der Waals surface area contributed by atoms with Crippen LogP contribution in [0.2, 0.25) is 0 Å². The van der Waals surface area contributed by atoms with Gasteiger partial charge in [-0.15, -0.1) is 0 Å². The fraction of sp³-hybridized carbons (Fsp3) is 0.391. The maximum Gasteiger partial charge on any atom is 0.416 e. The number of morpholine rings is 1. The van der Waals surface area contributed by atoms with Crippen molar-refractivity contribution in [1.29, 1.82) is 0 Å². The minimum absolute atomic E-state index is 0.136. The molecule has 2 saturated heterocycles. The second kappa shape index (κ2) is 9.88. The summed E-state index contributed by atoms with van der Waals surface area (Å²) < 4.78 is 58.3. The molecule has 0 saturated carbocycles. The van der Waals surface area contributed by atoms with E-state index in [1.165, 1.54) is 11.0 Å². The molecule has 182 valence electrons. The van der Waals surface area contributed by atoms with Gasteiger partial charge in [-0.1, -0.05) is 0 Å². The Labute approximate surface area is 193 Å². The molecule has 0 spiro atoms. The number of nitrogens with one attached hydrogen (secondary N) is 2. The summed E-state index contributed by atoms with van der Waals surface area (Å²) in [4.78, 5) is 28.6. The van der Waals surface area contributed by atoms with Gasteiger partial charge in [-0.2, -0.15) is 13.2 Å². The van der Waals surface area contributed by atoms with Gasteiger partial charge in [0.1, 0.15) is 11.9 Å². The lowest BCUT2D eigenvalue weighted by molar-refractivity contribution is -0.137. The first-order valence-corrected chi connectivity index (χ1v) is 10.9. The first-order valence-electron chi connectivity index (χ1n) is 10.9. The summed E-state index contributed by atoms with van der Waals surface area (Å²) in [5, 5.41) is 4.96. The zero-order valence-electron chi connectivity index (χ0n) is 18.2. The minimum atomic E-state index is -4.48. The lowest BCUT2D eigenvalue weighted by Gasteiger charge is -2.33. The van der Waals surface area contributed by atoms with Crippen LogP contribution in [-0.2, 0) is 15.7 Å². The van der Waals surface area contributed by atoms with Gasteiger partial charge in [-0.05, 0) is 55.3 Å². The van der Waals surface area contributed by atoms with Crippen molar-refractivity contribution in [2.45, 2.75) is 25.1 Å². The van der Waals surface area contributed by atoms with Crippen LogP contribution < -0.4 is 20.4 Å². The number of benzene rings is 2. The summed E-state index contributed by atoms with van der Waals surface area (Å²) in [5.41, 5.74) is 0.157. The van der Waals surface area contributed by atoms with Gasteiger partial charge in [-0.3, -0.25) is 4.79 Å². The van der Waals surface area contributed by atoms with Crippen LogP contribution in [0.4, 0.5) is 39.4 Å². The summed E-state index contributed by atoms with van der Waals surface area (Å²) in [5.74, 6) is -0.987. The van der Waals surface area contributed by atoms with Gasteiger partial charge >= 0.3 is 12.2 Å². The second-order valence-electron chi connectivity index (χ2n) is 8.09. The number of rotatable bonds is 4. The Morgan fingerprint density at radius 2 is 1.74 bits per heavy atom. The minimum Gasteiger partial charge on any atom is -0.378 e. The van der Waals surface area contributed by atoms with Gasteiger partial charge in [0.05, 0.1) is 24.5 Å². The SMILES string of the molecule is O=C(Nc1ccc(C(F)(F)F)cc1)N[C@@H]1CCCN(c2ccc(N3CCOCC3)cc2F)C1=O. The van der Waals surface area contributed by atoms with Crippen molar-refractivity contribution in [2.75, 3.05) is 48.0 Å². The van der Waals surface area contributed by atoms with Crippen molar-refractivity contribution in [2.24, 2.45) is 0 Å². The third kappa shape index (κ3) is 5.41. The van der Waals surface area contributed by atoms with Gasteiger partial charge in [0.25, 0.3) is 0 Å². The molecule has 2 N–H and O–H groups in total. The number of carbonyl (C=O) groups excluding carboxylic acids is 2. The van der Waals surface area contributed by atoms with E-state index in [1.54, 1.807) is 12.1 Å². The standard InChI is InChI=1S/C23H24F4N4O3/c24-18-14-17(30-10-12-34-13-11-30)7-8-20(18)31-9-1-2-19(21(31)32)29-22(33)28-16-5-3-15(4-6-16)23(25,26)27/h3-8,14,19H,1-2,9-13H2,(H2,28,29,33)/t19-/m1/s1. The molecule has 3 amide bonds. The molecule has 2 aromatic rings. The van der Waals surface area contributed by atoms with Gasteiger partial charge in [0, 0.05) is 31.0 Å². The number of alkyl halides is 3. The van der Waals surface area contributed by atoms with E-state index in [2.05, 4.69) is 10.6 Å². The molecule has 4 rings (SSSR count). The Morgan fingerprint density at radius 3 is 2.38 bits per heavy atom. The summed E-state index contributed by atoms with van der Waals surface area (Å²) >= 11 is 0. The molecule has 0 aliphatic carbocycles. The maximum absolute atomic E-state index is 14.9. The Hall–Kier alpha value is -3.34. The molecule has 2 aliphatic heterocycles. The molecule has 11 heteroatoms. The van der Waals surface area contributed by atoms with E-state index in [4.69, 9.17) is 4.74 Å². The molecule has 2 aliphatic rings. The zero-order chi connectivity index (χ0) is 24.3. The average Bonchev–Trinajstić information content (AvgIpc) is 2.81. The number of ether oxygens (including phenoxy) is 1. The first-order chi connectivity index (χ1) is 16.2. The predicted molar refractivity (Wildman–Crippen MR) is 118 cm³/mol. The summed E-state index contributed by atoms with van der Waals surface area (Å²) in [7, 11) is 0. The summed E-state index contributed by atoms with van der Waals surface area (Å²) in [6.07, 6.45) is -3.57. The molecule has 0 radical (unpaired) electrons. The predicted octanol–water partition coefficient (Wildman–Crippen LogP) is 4.00. The van der Waals surface area contributed by atoms with Crippen LogP contribution in [0, 0.1) is 5.82 Å². The first kappa shape index (κ1) is 23.8. The van der Waals surface area contributed by atoms with Crippen molar-refractivity contribution in [3.8, 4) is 0 Å². The van der Waals surface area contributed by atoms with Gasteiger partial charge in [-0.25, -0.2) is 9.18 Å². The Bertz CT molecular complexity index is 1040. The number of nitrogens with zero attached hydrogens (tertiary/aromatic N) is 2. The Balaban J connectivity index is 1.39. The molecule has 0 aromatic heterocycles. The number of hydrogen-bond acceptors (Lipinski definition) is 4. The van der Waals surface area contributed by atoms with Gasteiger partial charge in [0.15, 0.2) is 0 Å². The quantitative estimate of drug-likeness (QED) is 0.649. The lowest BCUT2D eigenvalue weighted by atomic mass is 10.0.